The highest BCUT2D eigenvalue weighted by atomic mass is 16.5. The van der Waals surface area contributed by atoms with Gasteiger partial charge in [0, 0.05) is 11.8 Å². The van der Waals surface area contributed by atoms with E-state index in [9.17, 15) is 5.11 Å². The lowest BCUT2D eigenvalue weighted by molar-refractivity contribution is 0.281. The predicted octanol–water partition coefficient (Wildman–Crippen LogP) is 3.83. The van der Waals surface area contributed by atoms with Crippen molar-refractivity contribution >= 4 is 0 Å². The van der Waals surface area contributed by atoms with Gasteiger partial charge in [0.25, 0.3) is 0 Å². The summed E-state index contributed by atoms with van der Waals surface area (Å²) in [6, 6.07) is 19.3. The molecule has 0 aliphatic heterocycles. The molecule has 0 spiro atoms. The Morgan fingerprint density at radius 3 is 2.50 bits per heavy atom. The molecule has 1 aromatic heterocycles. The van der Waals surface area contributed by atoms with Gasteiger partial charge in [-0.3, -0.25) is 4.98 Å². The van der Waals surface area contributed by atoms with Crippen LogP contribution in [0.3, 0.4) is 0 Å². The van der Waals surface area contributed by atoms with E-state index in [1.807, 2.05) is 54.6 Å². The minimum atomic E-state index is -0.00900. The van der Waals surface area contributed by atoms with E-state index in [-0.39, 0.29) is 6.61 Å². The van der Waals surface area contributed by atoms with Gasteiger partial charge in [0.05, 0.1) is 19.4 Å². The summed E-state index contributed by atoms with van der Waals surface area (Å²) < 4.78 is 11.3. The normalized spacial score (nSPS) is 10.4. The maximum absolute atomic E-state index is 9.26. The molecular weight excluding hydrogens is 302 g/mol. The third kappa shape index (κ3) is 3.73. The third-order valence-electron chi connectivity index (χ3n) is 3.70. The average Bonchev–Trinajstić information content (AvgIpc) is 2.67. The van der Waals surface area contributed by atoms with Crippen LogP contribution in [0.5, 0.6) is 11.5 Å². The molecule has 0 saturated heterocycles. The van der Waals surface area contributed by atoms with Gasteiger partial charge in [0.2, 0.25) is 0 Å². The summed E-state index contributed by atoms with van der Waals surface area (Å²) in [6.45, 7) is 0.472. The molecule has 0 aliphatic rings. The van der Waals surface area contributed by atoms with E-state index in [0.717, 1.165) is 22.4 Å². The van der Waals surface area contributed by atoms with Crippen molar-refractivity contribution in [3.63, 3.8) is 0 Å². The Balaban J connectivity index is 1.82. The highest BCUT2D eigenvalue weighted by Gasteiger charge is 2.09. The fourth-order valence-electron chi connectivity index (χ4n) is 2.41. The quantitative estimate of drug-likeness (QED) is 0.750. The Labute approximate surface area is 141 Å². The van der Waals surface area contributed by atoms with Crippen molar-refractivity contribution < 1.29 is 14.6 Å². The van der Waals surface area contributed by atoms with E-state index in [1.54, 1.807) is 19.4 Å². The second-order valence-corrected chi connectivity index (χ2v) is 5.35. The zero-order chi connectivity index (χ0) is 16.8. The number of hydrogen-bond donors (Lipinski definition) is 1. The first-order valence-electron chi connectivity index (χ1n) is 7.71. The fraction of sp³-hybridized carbons (Fsp3) is 0.150. The number of methoxy groups -OCH3 is 1. The van der Waals surface area contributed by atoms with E-state index in [4.69, 9.17) is 9.47 Å². The molecule has 0 amide bonds. The van der Waals surface area contributed by atoms with Crippen molar-refractivity contribution in [2.24, 2.45) is 0 Å². The Hall–Kier alpha value is -2.85. The van der Waals surface area contributed by atoms with E-state index < -0.39 is 0 Å². The molecule has 4 heteroatoms. The Morgan fingerprint density at radius 2 is 1.75 bits per heavy atom. The van der Waals surface area contributed by atoms with Crippen LogP contribution in [0, 0.1) is 0 Å². The molecule has 0 bridgehead atoms. The fourth-order valence-corrected chi connectivity index (χ4v) is 2.41. The summed E-state index contributed by atoms with van der Waals surface area (Å²) in [5, 5.41) is 9.26. The average molecular weight is 321 g/mol. The van der Waals surface area contributed by atoms with Crippen LogP contribution in [-0.4, -0.2) is 17.2 Å². The Bertz CT molecular complexity index is 803. The molecule has 2 aromatic carbocycles. The smallest absolute Gasteiger partial charge is 0.161 e. The third-order valence-corrected chi connectivity index (χ3v) is 3.70. The number of aliphatic hydroxyl groups excluding tert-OH is 1. The number of rotatable bonds is 6. The summed E-state index contributed by atoms with van der Waals surface area (Å²) in [4.78, 5) is 4.35. The van der Waals surface area contributed by atoms with Gasteiger partial charge in [0.1, 0.15) is 6.61 Å². The van der Waals surface area contributed by atoms with E-state index in [1.165, 1.54) is 0 Å². The van der Waals surface area contributed by atoms with Crippen molar-refractivity contribution in [3.05, 3.63) is 78.0 Å². The van der Waals surface area contributed by atoms with Gasteiger partial charge in [-0.1, -0.05) is 30.3 Å². The number of pyridine rings is 1. The minimum Gasteiger partial charge on any atom is -0.493 e. The second-order valence-electron chi connectivity index (χ2n) is 5.35. The van der Waals surface area contributed by atoms with Crippen LogP contribution in [0.2, 0.25) is 0 Å². The van der Waals surface area contributed by atoms with Gasteiger partial charge in [-0.05, 0) is 41.5 Å². The summed E-state index contributed by atoms with van der Waals surface area (Å²) in [7, 11) is 1.62. The van der Waals surface area contributed by atoms with E-state index in [2.05, 4.69) is 4.98 Å². The topological polar surface area (TPSA) is 51.6 Å². The maximum Gasteiger partial charge on any atom is 0.161 e. The van der Waals surface area contributed by atoms with E-state index in [0.29, 0.717) is 18.1 Å². The first-order valence-corrected chi connectivity index (χ1v) is 7.71. The predicted molar refractivity (Wildman–Crippen MR) is 92.9 cm³/mol. The van der Waals surface area contributed by atoms with Gasteiger partial charge < -0.3 is 14.6 Å². The minimum absolute atomic E-state index is 0.00900. The number of hydrogen-bond acceptors (Lipinski definition) is 4. The number of aliphatic hydroxyl groups is 1. The molecule has 0 atom stereocenters. The standard InChI is InChI=1S/C20H19NO3/c1-23-20-12-17(18-11-16(13-22)9-10-21-18)7-8-19(20)24-14-15-5-3-2-4-6-15/h2-12,22H,13-14H2,1H3. The summed E-state index contributed by atoms with van der Waals surface area (Å²) in [5.74, 6) is 1.34. The van der Waals surface area contributed by atoms with Gasteiger partial charge in [-0.2, -0.15) is 0 Å². The molecule has 122 valence electrons. The number of nitrogens with zero attached hydrogens (tertiary/aromatic N) is 1. The monoisotopic (exact) mass is 321 g/mol. The summed E-state index contributed by atoms with van der Waals surface area (Å²) >= 11 is 0. The zero-order valence-electron chi connectivity index (χ0n) is 13.5. The largest absolute Gasteiger partial charge is 0.493 e. The lowest BCUT2D eigenvalue weighted by Gasteiger charge is -2.12. The lowest BCUT2D eigenvalue weighted by Crippen LogP contribution is -1.98. The van der Waals surface area contributed by atoms with Crippen molar-refractivity contribution in [3.8, 4) is 22.8 Å². The molecule has 1 N–H and O–H groups in total. The summed E-state index contributed by atoms with van der Waals surface area (Å²) in [5.41, 5.74) is 3.62. The van der Waals surface area contributed by atoms with Crippen LogP contribution in [0.1, 0.15) is 11.1 Å². The van der Waals surface area contributed by atoms with Crippen molar-refractivity contribution in [1.29, 1.82) is 0 Å². The van der Waals surface area contributed by atoms with E-state index >= 15 is 0 Å². The van der Waals surface area contributed by atoms with Gasteiger partial charge >= 0.3 is 0 Å². The van der Waals surface area contributed by atoms with Gasteiger partial charge in [-0.15, -0.1) is 0 Å². The van der Waals surface area contributed by atoms with Crippen molar-refractivity contribution in [2.75, 3.05) is 7.11 Å². The SMILES string of the molecule is COc1cc(-c2cc(CO)ccn2)ccc1OCc1ccccc1. The van der Waals surface area contributed by atoms with Crippen LogP contribution in [-0.2, 0) is 13.2 Å². The Morgan fingerprint density at radius 1 is 0.917 bits per heavy atom. The number of aromatic nitrogens is 1. The second kappa shape index (κ2) is 7.62. The highest BCUT2D eigenvalue weighted by molar-refractivity contribution is 5.64. The van der Waals surface area contributed by atoms with Crippen molar-refractivity contribution in [2.45, 2.75) is 13.2 Å². The highest BCUT2D eigenvalue weighted by Crippen LogP contribution is 2.32. The van der Waals surface area contributed by atoms with Crippen molar-refractivity contribution in [1.82, 2.24) is 4.98 Å². The molecule has 0 fully saturated rings. The van der Waals surface area contributed by atoms with Crippen LogP contribution in [0.25, 0.3) is 11.3 Å². The first kappa shape index (κ1) is 16.0. The van der Waals surface area contributed by atoms with Crippen LogP contribution >= 0.6 is 0 Å². The van der Waals surface area contributed by atoms with Gasteiger partial charge in [0.15, 0.2) is 11.5 Å². The lowest BCUT2D eigenvalue weighted by atomic mass is 10.1. The number of benzene rings is 2. The molecule has 3 rings (SSSR count). The number of ether oxygens (including phenoxy) is 2. The zero-order valence-corrected chi connectivity index (χ0v) is 13.5. The molecule has 4 nitrogen and oxygen atoms in total. The molecule has 0 aliphatic carbocycles. The molecule has 0 saturated carbocycles. The Kier molecular flexibility index (Phi) is 5.08. The molecule has 1 heterocycles. The first-order chi connectivity index (χ1) is 11.8. The molecule has 3 aromatic rings. The van der Waals surface area contributed by atoms with Crippen LogP contribution in [0.4, 0.5) is 0 Å². The van der Waals surface area contributed by atoms with Gasteiger partial charge in [-0.25, -0.2) is 0 Å². The molecule has 0 radical (unpaired) electrons. The molecule has 24 heavy (non-hydrogen) atoms. The molecule has 0 unspecified atom stereocenters. The summed E-state index contributed by atoms with van der Waals surface area (Å²) in [6.07, 6.45) is 1.69. The van der Waals surface area contributed by atoms with Crippen LogP contribution < -0.4 is 9.47 Å². The van der Waals surface area contributed by atoms with Crippen LogP contribution in [0.15, 0.2) is 66.9 Å². The maximum atomic E-state index is 9.26. The molecular formula is C20H19NO3.